The maximum atomic E-state index is 12.5. The zero-order valence-electron chi connectivity index (χ0n) is 23.7. The smallest absolute Gasteiger partial charge is 0.251 e. The van der Waals surface area contributed by atoms with Crippen LogP contribution in [-0.4, -0.2) is 51.0 Å². The maximum absolute atomic E-state index is 12.5. The molecule has 0 unspecified atom stereocenters. The molecular formula is C31H40BrN5O4. The van der Waals surface area contributed by atoms with E-state index in [4.69, 9.17) is 10.5 Å². The topological polar surface area (TPSA) is 118 Å². The van der Waals surface area contributed by atoms with Crippen LogP contribution in [0.5, 0.6) is 5.75 Å². The van der Waals surface area contributed by atoms with Crippen molar-refractivity contribution >= 4 is 23.4 Å². The van der Waals surface area contributed by atoms with Crippen molar-refractivity contribution in [3.05, 3.63) is 90.3 Å². The molecule has 0 aliphatic heterocycles. The molecule has 3 amide bonds. The molecule has 0 fully saturated rings. The minimum absolute atomic E-state index is 0. The van der Waals surface area contributed by atoms with Crippen molar-refractivity contribution < 1.29 is 40.7 Å². The number of pyridine rings is 1. The second-order valence-electron chi connectivity index (χ2n) is 9.87. The van der Waals surface area contributed by atoms with E-state index in [-0.39, 0.29) is 29.9 Å². The van der Waals surface area contributed by atoms with E-state index in [0.717, 1.165) is 37.8 Å². The molecule has 0 saturated carbocycles. The van der Waals surface area contributed by atoms with E-state index in [2.05, 4.69) is 44.6 Å². The predicted molar refractivity (Wildman–Crippen MR) is 155 cm³/mol. The van der Waals surface area contributed by atoms with Gasteiger partial charge in [-0.2, -0.15) is 0 Å². The highest BCUT2D eigenvalue weighted by atomic mass is 79.9. The number of nitrogens with zero attached hydrogens (tertiary/aromatic N) is 2. The summed E-state index contributed by atoms with van der Waals surface area (Å²) >= 11 is 0. The lowest BCUT2D eigenvalue weighted by molar-refractivity contribution is -0.697. The number of rotatable bonds is 16. The van der Waals surface area contributed by atoms with Gasteiger partial charge >= 0.3 is 0 Å². The summed E-state index contributed by atoms with van der Waals surface area (Å²) in [4.78, 5) is 38.6. The number of nitrogens with one attached hydrogen (secondary N) is 2. The number of aromatic nitrogens is 1. The second-order valence-corrected chi connectivity index (χ2v) is 9.87. The molecule has 2 aromatic carbocycles. The molecule has 1 atom stereocenters. The Morgan fingerprint density at radius 2 is 1.56 bits per heavy atom. The van der Waals surface area contributed by atoms with Gasteiger partial charge in [0.2, 0.25) is 11.8 Å². The van der Waals surface area contributed by atoms with Gasteiger partial charge in [0.1, 0.15) is 18.3 Å². The molecule has 0 spiro atoms. The molecule has 0 bridgehead atoms. The van der Waals surface area contributed by atoms with Crippen LogP contribution in [0.4, 0.5) is 5.69 Å². The Labute approximate surface area is 252 Å². The first-order valence-electron chi connectivity index (χ1n) is 13.6. The van der Waals surface area contributed by atoms with Gasteiger partial charge in [-0.3, -0.25) is 14.4 Å². The van der Waals surface area contributed by atoms with Crippen molar-refractivity contribution in [2.24, 2.45) is 5.73 Å². The number of amides is 3. The average molecular weight is 627 g/mol. The van der Waals surface area contributed by atoms with Gasteiger partial charge in [-0.15, -0.1) is 0 Å². The van der Waals surface area contributed by atoms with Crippen LogP contribution in [-0.2, 0) is 22.6 Å². The van der Waals surface area contributed by atoms with Crippen molar-refractivity contribution in [2.75, 3.05) is 32.1 Å². The van der Waals surface area contributed by atoms with Crippen molar-refractivity contribution in [3.63, 3.8) is 0 Å². The summed E-state index contributed by atoms with van der Waals surface area (Å²) in [6.07, 6.45) is 8.79. The number of anilines is 1. The third-order valence-corrected chi connectivity index (χ3v) is 6.46. The number of ether oxygens (including phenoxy) is 1. The number of hydrogen-bond donors (Lipinski definition) is 3. The predicted octanol–water partition coefficient (Wildman–Crippen LogP) is -0.374. The number of carbonyl (C=O) groups excluding carboxylic acids is 3. The summed E-state index contributed by atoms with van der Waals surface area (Å²) in [6.45, 7) is 1.34. The van der Waals surface area contributed by atoms with Crippen LogP contribution < -0.4 is 47.6 Å². The fourth-order valence-electron chi connectivity index (χ4n) is 4.12. The van der Waals surface area contributed by atoms with Gasteiger partial charge in [0.15, 0.2) is 12.4 Å². The standard InChI is InChI=1S/C31H39N5O4.BrH/c1-35(2)26-16-19-36(20-17-26)18-8-3-4-9-21-40-27-14-12-25(13-15-27)31(39)33-23-29(37)34-28(30(32)38)22-24-10-6-5-7-11-24;/h5-7,10-17,19-20,28H,3-4,8-9,18,21-23H2,1-2H3,(H3-,32,33,34,37,38,39);1H/t28-;/m0./s1. The van der Waals surface area contributed by atoms with Gasteiger partial charge in [0.25, 0.3) is 5.91 Å². The van der Waals surface area contributed by atoms with Gasteiger partial charge in [0, 0.05) is 50.3 Å². The number of benzene rings is 2. The molecular weight excluding hydrogens is 586 g/mol. The van der Waals surface area contributed by atoms with Gasteiger partial charge in [0.05, 0.1) is 13.2 Å². The number of unbranched alkanes of at least 4 members (excludes halogenated alkanes) is 3. The van der Waals surface area contributed by atoms with E-state index in [1.54, 1.807) is 24.3 Å². The molecule has 1 heterocycles. The fraction of sp³-hybridized carbons (Fsp3) is 0.355. The quantitative estimate of drug-likeness (QED) is 0.148. The Hall–Kier alpha value is -3.92. The highest BCUT2D eigenvalue weighted by Crippen LogP contribution is 2.13. The molecule has 1 aromatic heterocycles. The summed E-state index contributed by atoms with van der Waals surface area (Å²) < 4.78 is 8.01. The van der Waals surface area contributed by atoms with Crippen LogP contribution in [0, 0.1) is 0 Å². The number of aryl methyl sites for hydroxylation is 1. The van der Waals surface area contributed by atoms with Crippen LogP contribution in [0.25, 0.3) is 0 Å². The summed E-state index contributed by atoms with van der Waals surface area (Å²) in [5, 5.41) is 5.15. The minimum atomic E-state index is -0.859. The SMILES string of the molecule is CN(C)c1cc[n+](CCCCCCOc2ccc(C(=O)NCC(=O)N[C@@H](Cc3ccccc3)C(N)=O)cc2)cc1.[Br-]. The highest BCUT2D eigenvalue weighted by Gasteiger charge is 2.19. The average Bonchev–Trinajstić information content (AvgIpc) is 2.96. The molecule has 0 aliphatic carbocycles. The Balaban J connectivity index is 0.00000588. The lowest BCUT2D eigenvalue weighted by Crippen LogP contribution is -3.00. The summed E-state index contributed by atoms with van der Waals surface area (Å²) in [6, 6.07) is 19.4. The molecule has 41 heavy (non-hydrogen) atoms. The molecule has 3 aromatic rings. The number of carbonyl (C=O) groups is 3. The van der Waals surface area contributed by atoms with Gasteiger partial charge < -0.3 is 43.0 Å². The fourth-order valence-corrected chi connectivity index (χ4v) is 4.12. The van der Waals surface area contributed by atoms with Gasteiger partial charge in [-0.25, -0.2) is 4.57 Å². The zero-order chi connectivity index (χ0) is 28.7. The monoisotopic (exact) mass is 625 g/mol. The Bertz CT molecular complexity index is 1220. The van der Waals surface area contributed by atoms with E-state index in [0.29, 0.717) is 17.9 Å². The third-order valence-electron chi connectivity index (χ3n) is 6.46. The van der Waals surface area contributed by atoms with Crippen LogP contribution in [0.1, 0.15) is 41.6 Å². The lowest BCUT2D eigenvalue weighted by atomic mass is 10.1. The summed E-state index contributed by atoms with van der Waals surface area (Å²) in [5.74, 6) is -0.830. The Kier molecular flexibility index (Phi) is 14.4. The number of halogens is 1. The third kappa shape index (κ3) is 12.0. The van der Waals surface area contributed by atoms with E-state index in [1.165, 1.54) is 5.69 Å². The number of hydrogen-bond acceptors (Lipinski definition) is 5. The Morgan fingerprint density at radius 1 is 0.902 bits per heavy atom. The van der Waals surface area contributed by atoms with Crippen LogP contribution >= 0.6 is 0 Å². The summed E-state index contributed by atoms with van der Waals surface area (Å²) in [7, 11) is 4.07. The lowest BCUT2D eigenvalue weighted by Gasteiger charge is -2.16. The molecule has 4 N–H and O–H groups in total. The number of primary amides is 1. The highest BCUT2D eigenvalue weighted by molar-refractivity contribution is 5.97. The van der Waals surface area contributed by atoms with Crippen molar-refractivity contribution in [1.82, 2.24) is 10.6 Å². The molecule has 10 heteroatoms. The minimum Gasteiger partial charge on any atom is -1.00 e. The van der Waals surface area contributed by atoms with E-state index < -0.39 is 23.8 Å². The van der Waals surface area contributed by atoms with Gasteiger partial charge in [-0.1, -0.05) is 30.3 Å². The largest absolute Gasteiger partial charge is 1.00 e. The molecule has 0 radical (unpaired) electrons. The molecule has 9 nitrogen and oxygen atoms in total. The zero-order valence-corrected chi connectivity index (χ0v) is 25.3. The van der Waals surface area contributed by atoms with Crippen LogP contribution in [0.15, 0.2) is 79.1 Å². The normalized spacial score (nSPS) is 11.1. The second kappa shape index (κ2) is 17.7. The van der Waals surface area contributed by atoms with E-state index in [1.807, 2.05) is 44.4 Å². The van der Waals surface area contributed by atoms with E-state index in [9.17, 15) is 14.4 Å². The van der Waals surface area contributed by atoms with Crippen molar-refractivity contribution in [1.29, 1.82) is 0 Å². The first-order chi connectivity index (χ1) is 19.3. The summed E-state index contributed by atoms with van der Waals surface area (Å²) in [5.41, 5.74) is 7.91. The number of nitrogens with two attached hydrogens (primary N) is 1. The Morgan fingerprint density at radius 3 is 2.20 bits per heavy atom. The first-order valence-corrected chi connectivity index (χ1v) is 13.6. The molecule has 3 rings (SSSR count). The van der Waals surface area contributed by atoms with E-state index >= 15 is 0 Å². The van der Waals surface area contributed by atoms with Crippen molar-refractivity contribution in [3.8, 4) is 5.75 Å². The molecule has 0 aliphatic rings. The van der Waals surface area contributed by atoms with Gasteiger partial charge in [-0.05, 0) is 49.1 Å². The molecule has 0 saturated heterocycles. The van der Waals surface area contributed by atoms with Crippen LogP contribution in [0.2, 0.25) is 0 Å². The van der Waals surface area contributed by atoms with Crippen LogP contribution in [0.3, 0.4) is 0 Å². The van der Waals surface area contributed by atoms with Crippen molar-refractivity contribution in [2.45, 2.75) is 44.7 Å². The first kappa shape index (κ1) is 33.3. The maximum Gasteiger partial charge on any atom is 0.251 e. The molecule has 220 valence electrons.